The molecule has 0 aliphatic carbocycles. The molecule has 2 aromatic rings. The largest absolute Gasteiger partial charge is 0.507 e. The molecule has 4 nitrogen and oxygen atoms in total. The first kappa shape index (κ1) is 12.8. The molecule has 3 rings (SSSR count). The zero-order valence-electron chi connectivity index (χ0n) is 11.1. The van der Waals surface area contributed by atoms with Crippen LogP contribution < -0.4 is 15.2 Å². The Morgan fingerprint density at radius 1 is 1.25 bits per heavy atom. The average molecular weight is 271 g/mol. The number of phenols is 1. The average Bonchev–Trinajstić information content (AvgIpc) is 2.46. The van der Waals surface area contributed by atoms with E-state index in [4.69, 9.17) is 15.2 Å². The van der Waals surface area contributed by atoms with Crippen LogP contribution in [0, 0.1) is 0 Å². The van der Waals surface area contributed by atoms with Gasteiger partial charge in [-0.15, -0.1) is 0 Å². The zero-order chi connectivity index (χ0) is 13.9. The van der Waals surface area contributed by atoms with Gasteiger partial charge >= 0.3 is 0 Å². The van der Waals surface area contributed by atoms with Crippen molar-refractivity contribution in [3.63, 3.8) is 0 Å². The smallest absolute Gasteiger partial charge is 0.131 e. The van der Waals surface area contributed by atoms with Crippen LogP contribution in [0.2, 0.25) is 0 Å². The molecule has 0 bridgehead atoms. The SMILES string of the molecule is N[C@@H]1CCOc2cc(OCc3ccccc3)cc(O)c21. The van der Waals surface area contributed by atoms with E-state index in [1.807, 2.05) is 30.3 Å². The normalized spacial score (nSPS) is 17.1. The van der Waals surface area contributed by atoms with E-state index in [-0.39, 0.29) is 11.8 Å². The van der Waals surface area contributed by atoms with Gasteiger partial charge in [0.2, 0.25) is 0 Å². The molecule has 0 radical (unpaired) electrons. The molecule has 1 atom stereocenters. The minimum atomic E-state index is -0.179. The van der Waals surface area contributed by atoms with Crippen molar-refractivity contribution < 1.29 is 14.6 Å². The van der Waals surface area contributed by atoms with E-state index in [2.05, 4.69) is 0 Å². The second-order valence-electron chi connectivity index (χ2n) is 4.87. The molecule has 0 spiro atoms. The van der Waals surface area contributed by atoms with Gasteiger partial charge in [-0.05, 0) is 5.56 Å². The van der Waals surface area contributed by atoms with Crippen molar-refractivity contribution in [3.05, 3.63) is 53.6 Å². The summed E-state index contributed by atoms with van der Waals surface area (Å²) in [6.45, 7) is 1.01. The lowest BCUT2D eigenvalue weighted by atomic mass is 10.00. The summed E-state index contributed by atoms with van der Waals surface area (Å²) in [6, 6.07) is 13.1. The Bertz CT molecular complexity index is 598. The Hall–Kier alpha value is -2.20. The van der Waals surface area contributed by atoms with Crippen LogP contribution in [0.3, 0.4) is 0 Å². The molecule has 0 saturated carbocycles. The molecule has 4 heteroatoms. The van der Waals surface area contributed by atoms with Gasteiger partial charge in [-0.1, -0.05) is 30.3 Å². The molecule has 104 valence electrons. The monoisotopic (exact) mass is 271 g/mol. The highest BCUT2D eigenvalue weighted by atomic mass is 16.5. The molecule has 1 heterocycles. The maximum Gasteiger partial charge on any atom is 0.131 e. The van der Waals surface area contributed by atoms with Gasteiger partial charge in [-0.3, -0.25) is 0 Å². The van der Waals surface area contributed by atoms with Crippen LogP contribution in [0.1, 0.15) is 23.6 Å². The van der Waals surface area contributed by atoms with Gasteiger partial charge in [0.25, 0.3) is 0 Å². The number of hydrogen-bond donors (Lipinski definition) is 2. The van der Waals surface area contributed by atoms with Crippen molar-refractivity contribution >= 4 is 0 Å². The van der Waals surface area contributed by atoms with E-state index in [1.54, 1.807) is 12.1 Å². The highest BCUT2D eigenvalue weighted by molar-refractivity contribution is 5.52. The maximum absolute atomic E-state index is 10.1. The predicted octanol–water partition coefficient (Wildman–Crippen LogP) is 2.75. The Balaban J connectivity index is 1.79. The van der Waals surface area contributed by atoms with Crippen LogP contribution in [0.5, 0.6) is 17.2 Å². The third kappa shape index (κ3) is 2.56. The van der Waals surface area contributed by atoms with Crippen LogP contribution in [-0.2, 0) is 6.61 Å². The summed E-state index contributed by atoms with van der Waals surface area (Å²) in [6.07, 6.45) is 0.713. The fourth-order valence-corrected chi connectivity index (χ4v) is 2.34. The van der Waals surface area contributed by atoms with Crippen molar-refractivity contribution in [2.45, 2.75) is 19.1 Å². The molecular formula is C16H17NO3. The quantitative estimate of drug-likeness (QED) is 0.901. The third-order valence-corrected chi connectivity index (χ3v) is 3.40. The van der Waals surface area contributed by atoms with Crippen molar-refractivity contribution in [1.29, 1.82) is 0 Å². The predicted molar refractivity (Wildman–Crippen MR) is 75.9 cm³/mol. The van der Waals surface area contributed by atoms with Crippen molar-refractivity contribution in [2.75, 3.05) is 6.61 Å². The second kappa shape index (κ2) is 5.43. The Morgan fingerprint density at radius 2 is 2.05 bits per heavy atom. The molecule has 0 unspecified atom stereocenters. The van der Waals surface area contributed by atoms with E-state index in [0.29, 0.717) is 36.7 Å². The van der Waals surface area contributed by atoms with Crippen LogP contribution in [0.15, 0.2) is 42.5 Å². The number of nitrogens with two attached hydrogens (primary N) is 1. The van der Waals surface area contributed by atoms with E-state index < -0.39 is 0 Å². The topological polar surface area (TPSA) is 64.7 Å². The maximum atomic E-state index is 10.1. The van der Waals surface area contributed by atoms with E-state index in [9.17, 15) is 5.11 Å². The van der Waals surface area contributed by atoms with Gasteiger partial charge in [0.15, 0.2) is 0 Å². The lowest BCUT2D eigenvalue weighted by Gasteiger charge is -2.24. The van der Waals surface area contributed by atoms with E-state index >= 15 is 0 Å². The zero-order valence-corrected chi connectivity index (χ0v) is 11.1. The molecular weight excluding hydrogens is 254 g/mol. The van der Waals surface area contributed by atoms with Crippen molar-refractivity contribution in [2.24, 2.45) is 5.73 Å². The number of aromatic hydroxyl groups is 1. The summed E-state index contributed by atoms with van der Waals surface area (Å²) in [5.74, 6) is 1.34. The van der Waals surface area contributed by atoms with Crippen LogP contribution in [0.4, 0.5) is 0 Å². The highest BCUT2D eigenvalue weighted by Gasteiger charge is 2.23. The summed E-state index contributed by atoms with van der Waals surface area (Å²) in [5, 5.41) is 10.1. The standard InChI is InChI=1S/C16H17NO3/c17-13-6-7-19-15-9-12(8-14(18)16(13)15)20-10-11-4-2-1-3-5-11/h1-5,8-9,13,18H,6-7,10,17H2/t13-/m1/s1. The fraction of sp³-hybridized carbons (Fsp3) is 0.250. The van der Waals surface area contributed by atoms with Crippen LogP contribution >= 0.6 is 0 Å². The number of phenolic OH excluding ortho intramolecular Hbond substituents is 1. The van der Waals surface area contributed by atoms with Gasteiger partial charge in [0.05, 0.1) is 12.2 Å². The summed E-state index contributed by atoms with van der Waals surface area (Å²) in [7, 11) is 0. The molecule has 0 saturated heterocycles. The molecule has 0 amide bonds. The first-order chi connectivity index (χ1) is 9.74. The number of rotatable bonds is 3. The van der Waals surface area contributed by atoms with Gasteiger partial charge in [-0.2, -0.15) is 0 Å². The number of benzene rings is 2. The van der Waals surface area contributed by atoms with Crippen molar-refractivity contribution in [1.82, 2.24) is 0 Å². The Kier molecular flexibility index (Phi) is 3.48. The molecule has 0 aromatic heterocycles. The van der Waals surface area contributed by atoms with Gasteiger partial charge in [-0.25, -0.2) is 0 Å². The molecule has 20 heavy (non-hydrogen) atoms. The summed E-state index contributed by atoms with van der Waals surface area (Å²) < 4.78 is 11.2. The molecule has 1 aliphatic heterocycles. The van der Waals surface area contributed by atoms with E-state index in [0.717, 1.165) is 5.56 Å². The molecule has 1 aliphatic rings. The molecule has 3 N–H and O–H groups in total. The van der Waals surface area contributed by atoms with E-state index in [1.165, 1.54) is 0 Å². The first-order valence-electron chi connectivity index (χ1n) is 6.66. The van der Waals surface area contributed by atoms with Crippen LogP contribution in [-0.4, -0.2) is 11.7 Å². The minimum absolute atomic E-state index is 0.137. The lowest BCUT2D eigenvalue weighted by molar-refractivity contribution is 0.257. The fourth-order valence-electron chi connectivity index (χ4n) is 2.34. The number of ether oxygens (including phenoxy) is 2. The second-order valence-corrected chi connectivity index (χ2v) is 4.87. The van der Waals surface area contributed by atoms with Crippen molar-refractivity contribution in [3.8, 4) is 17.2 Å². The highest BCUT2D eigenvalue weighted by Crippen LogP contribution is 2.40. The minimum Gasteiger partial charge on any atom is -0.507 e. The van der Waals surface area contributed by atoms with Gasteiger partial charge < -0.3 is 20.3 Å². The molecule has 2 aromatic carbocycles. The Morgan fingerprint density at radius 3 is 2.85 bits per heavy atom. The summed E-state index contributed by atoms with van der Waals surface area (Å²) >= 11 is 0. The number of fused-ring (bicyclic) bond motifs is 1. The lowest BCUT2D eigenvalue weighted by Crippen LogP contribution is -2.20. The summed E-state index contributed by atoms with van der Waals surface area (Å²) in [4.78, 5) is 0. The third-order valence-electron chi connectivity index (χ3n) is 3.40. The van der Waals surface area contributed by atoms with Gasteiger partial charge in [0, 0.05) is 24.6 Å². The Labute approximate surface area is 117 Å². The number of hydrogen-bond acceptors (Lipinski definition) is 4. The van der Waals surface area contributed by atoms with Crippen LogP contribution in [0.25, 0.3) is 0 Å². The molecule has 0 fully saturated rings. The summed E-state index contributed by atoms with van der Waals surface area (Å²) in [5.41, 5.74) is 7.72. The first-order valence-corrected chi connectivity index (χ1v) is 6.66. The van der Waals surface area contributed by atoms with Gasteiger partial charge in [0.1, 0.15) is 23.9 Å².